The van der Waals surface area contributed by atoms with Crippen LogP contribution in [-0.4, -0.2) is 28.3 Å². The lowest BCUT2D eigenvalue weighted by molar-refractivity contribution is 0.104. The van der Waals surface area contributed by atoms with Crippen LogP contribution in [0.3, 0.4) is 0 Å². The highest BCUT2D eigenvalue weighted by molar-refractivity contribution is 7.96. The number of fused-ring (bicyclic) bond motifs is 1. The molecule has 0 aliphatic heterocycles. The Morgan fingerprint density at radius 2 is 1.31 bits per heavy atom. The van der Waals surface area contributed by atoms with E-state index in [1.54, 1.807) is 24.3 Å². The molecule has 32 heavy (non-hydrogen) atoms. The van der Waals surface area contributed by atoms with Crippen molar-refractivity contribution in [2.75, 3.05) is 0 Å². The van der Waals surface area contributed by atoms with Gasteiger partial charge < -0.3 is 0 Å². The molecule has 0 aromatic heterocycles. The first-order chi connectivity index (χ1) is 15.1. The Bertz CT molecular complexity index is 1500. The molecule has 9 heteroatoms. The highest BCUT2D eigenvalue weighted by Crippen LogP contribution is 2.30. The molecule has 0 saturated carbocycles. The molecular weight excluding hydrogens is 470 g/mol. The zero-order valence-corrected chi connectivity index (χ0v) is 19.1. The Labute approximate surface area is 190 Å². The number of carbonyl (C=O) groups is 1. The predicted molar refractivity (Wildman–Crippen MR) is 122 cm³/mol. The third-order valence-corrected chi connectivity index (χ3v) is 8.22. The van der Waals surface area contributed by atoms with Crippen LogP contribution in [0.5, 0.6) is 0 Å². The van der Waals surface area contributed by atoms with E-state index >= 15 is 0 Å². The van der Waals surface area contributed by atoms with Crippen LogP contribution in [0.1, 0.15) is 21.5 Å². The van der Waals surface area contributed by atoms with E-state index in [0.717, 1.165) is 11.6 Å². The molecule has 4 rings (SSSR count). The van der Waals surface area contributed by atoms with E-state index < -0.39 is 30.5 Å². The third kappa shape index (κ3) is 4.04. The highest BCUT2D eigenvalue weighted by atomic mass is 35.5. The lowest BCUT2D eigenvalue weighted by Crippen LogP contribution is -2.23. The summed E-state index contributed by atoms with van der Waals surface area (Å²) in [7, 11) is -8.41. The van der Waals surface area contributed by atoms with E-state index in [4.69, 9.17) is 11.6 Å². The molecule has 0 fully saturated rings. The second kappa shape index (κ2) is 8.12. The number of carbonyl (C=O) groups excluding carboxylic acids is 1. The van der Waals surface area contributed by atoms with Crippen molar-refractivity contribution in [2.45, 2.75) is 16.7 Å². The van der Waals surface area contributed by atoms with E-state index in [9.17, 15) is 21.6 Å². The van der Waals surface area contributed by atoms with Gasteiger partial charge in [0.25, 0.3) is 10.0 Å². The van der Waals surface area contributed by atoms with Crippen LogP contribution < -0.4 is 0 Å². The number of aryl methyl sites for hydroxylation is 1. The molecule has 0 bridgehead atoms. The molecule has 0 unspecified atom stereocenters. The number of Topliss-reactive ketones (excluding diaryl/α,β-unsaturated/α-hetero) is 1. The first kappa shape index (κ1) is 22.1. The number of rotatable bonds is 4. The minimum Gasteiger partial charge on any atom is -0.288 e. The van der Waals surface area contributed by atoms with Gasteiger partial charge in [-0.15, -0.1) is 0 Å². The van der Waals surface area contributed by atoms with Gasteiger partial charge in [-0.3, -0.25) is 4.79 Å². The second-order valence-electron chi connectivity index (χ2n) is 7.11. The summed E-state index contributed by atoms with van der Waals surface area (Å²) in [6, 6.07) is 17.6. The number of allylic oxidation sites excluding steroid dienone is 2. The number of nitrogens with zero attached hydrogens (tertiary/aromatic N) is 1. The average molecular weight is 486 g/mol. The van der Waals surface area contributed by atoms with Gasteiger partial charge >= 0.3 is 0 Å². The zero-order chi connectivity index (χ0) is 23.1. The lowest BCUT2D eigenvalue weighted by atomic mass is 9.94. The summed E-state index contributed by atoms with van der Waals surface area (Å²) in [6.45, 7) is 1.82. The molecule has 162 valence electrons. The molecule has 3 aromatic rings. The fraction of sp³-hybridized carbons (Fsp3) is 0.0435. The standard InChI is InChI=1S/C23H16ClNO5S2/c1-15-6-10-18(11-7-15)32(29,30)25-21-14-22(23(26)20-5-3-2-4-19(20)21)31(27,28)17-12-8-16(24)9-13-17/h2-14H,1H3. The molecule has 0 spiro atoms. The molecule has 6 nitrogen and oxygen atoms in total. The monoisotopic (exact) mass is 485 g/mol. The fourth-order valence-electron chi connectivity index (χ4n) is 3.21. The molecule has 3 aromatic carbocycles. The molecule has 0 atom stereocenters. The van der Waals surface area contributed by atoms with Gasteiger partial charge in [-0.1, -0.05) is 53.6 Å². The van der Waals surface area contributed by atoms with Crippen LogP contribution in [0.4, 0.5) is 0 Å². The van der Waals surface area contributed by atoms with Crippen LogP contribution in [0.2, 0.25) is 5.02 Å². The van der Waals surface area contributed by atoms with Crippen LogP contribution in [0.15, 0.2) is 98.0 Å². The summed E-state index contributed by atoms with van der Waals surface area (Å²) in [6.07, 6.45) is 1.01. The number of hydrogen-bond acceptors (Lipinski definition) is 5. The van der Waals surface area contributed by atoms with Crippen molar-refractivity contribution >= 4 is 43.0 Å². The maximum absolute atomic E-state index is 13.2. The van der Waals surface area contributed by atoms with Gasteiger partial charge in [0.1, 0.15) is 4.91 Å². The Kier molecular flexibility index (Phi) is 5.62. The number of sulfonamides is 1. The van der Waals surface area contributed by atoms with Gasteiger partial charge in [-0.25, -0.2) is 8.42 Å². The average Bonchev–Trinajstić information content (AvgIpc) is 2.76. The fourth-order valence-corrected chi connectivity index (χ4v) is 5.70. The summed E-state index contributed by atoms with van der Waals surface area (Å²) in [5, 5.41) is 0.338. The van der Waals surface area contributed by atoms with E-state index in [1.165, 1.54) is 48.5 Å². The van der Waals surface area contributed by atoms with Crippen LogP contribution in [-0.2, 0) is 19.9 Å². The highest BCUT2D eigenvalue weighted by Gasteiger charge is 2.34. The maximum Gasteiger partial charge on any atom is 0.282 e. The van der Waals surface area contributed by atoms with E-state index in [1.807, 2.05) is 6.92 Å². The van der Waals surface area contributed by atoms with Gasteiger partial charge in [0.05, 0.1) is 15.5 Å². The van der Waals surface area contributed by atoms with Crippen LogP contribution in [0, 0.1) is 6.92 Å². The molecule has 0 saturated heterocycles. The number of benzene rings is 3. The Balaban J connectivity index is 1.92. The molecule has 0 radical (unpaired) electrons. The van der Waals surface area contributed by atoms with Gasteiger partial charge in [0.2, 0.25) is 15.6 Å². The molecule has 0 amide bonds. The largest absolute Gasteiger partial charge is 0.288 e. The normalized spacial score (nSPS) is 15.4. The molecule has 1 aliphatic rings. The third-order valence-electron chi connectivity index (χ3n) is 4.89. The number of hydrogen-bond donors (Lipinski definition) is 0. The van der Waals surface area contributed by atoms with Crippen molar-refractivity contribution in [3.63, 3.8) is 0 Å². The molecular formula is C23H16ClNO5S2. The van der Waals surface area contributed by atoms with Crippen molar-refractivity contribution in [1.29, 1.82) is 0 Å². The first-order valence-electron chi connectivity index (χ1n) is 9.38. The van der Waals surface area contributed by atoms with Crippen molar-refractivity contribution in [3.8, 4) is 0 Å². The summed E-state index contributed by atoms with van der Waals surface area (Å²) in [5.74, 6) is -0.734. The second-order valence-corrected chi connectivity index (χ2v) is 11.1. The van der Waals surface area contributed by atoms with Crippen LogP contribution in [0.25, 0.3) is 0 Å². The number of halogens is 1. The van der Waals surface area contributed by atoms with Crippen LogP contribution >= 0.6 is 11.6 Å². The van der Waals surface area contributed by atoms with Gasteiger partial charge in [0.15, 0.2) is 0 Å². The van der Waals surface area contributed by atoms with E-state index in [2.05, 4.69) is 4.40 Å². The SMILES string of the molecule is Cc1ccc(S(=O)(=O)N=C2C=C(S(=O)(=O)c3ccc(Cl)cc3)C(=O)c3ccccc32)cc1. The molecule has 1 aliphatic carbocycles. The Morgan fingerprint density at radius 3 is 1.94 bits per heavy atom. The van der Waals surface area contributed by atoms with Crippen molar-refractivity contribution < 1.29 is 21.6 Å². The maximum atomic E-state index is 13.2. The summed E-state index contributed by atoms with van der Waals surface area (Å²) < 4.78 is 56.1. The quantitative estimate of drug-likeness (QED) is 0.546. The lowest BCUT2D eigenvalue weighted by Gasteiger charge is -2.17. The van der Waals surface area contributed by atoms with Gasteiger partial charge in [-0.05, 0) is 49.4 Å². The molecule has 0 heterocycles. The van der Waals surface area contributed by atoms with Gasteiger partial charge in [0, 0.05) is 16.1 Å². The number of sulfone groups is 1. The topological polar surface area (TPSA) is 97.7 Å². The predicted octanol–water partition coefficient (Wildman–Crippen LogP) is 4.38. The summed E-state index contributed by atoms with van der Waals surface area (Å²) in [5.41, 5.74) is 1.04. The van der Waals surface area contributed by atoms with Crippen molar-refractivity contribution in [1.82, 2.24) is 0 Å². The smallest absolute Gasteiger partial charge is 0.282 e. The van der Waals surface area contributed by atoms with E-state index in [-0.39, 0.29) is 26.6 Å². The first-order valence-corrected chi connectivity index (χ1v) is 12.7. The zero-order valence-electron chi connectivity index (χ0n) is 16.7. The van der Waals surface area contributed by atoms with Crippen molar-refractivity contribution in [3.05, 3.63) is 105 Å². The Hall–Kier alpha value is -3.07. The molecule has 0 N–H and O–H groups in total. The minimum absolute atomic E-state index is 0.0412. The minimum atomic E-state index is -4.25. The summed E-state index contributed by atoms with van der Waals surface area (Å²) >= 11 is 5.84. The van der Waals surface area contributed by atoms with Gasteiger partial charge in [-0.2, -0.15) is 12.8 Å². The summed E-state index contributed by atoms with van der Waals surface area (Å²) in [4.78, 5) is 12.3. The Morgan fingerprint density at radius 1 is 0.750 bits per heavy atom. The van der Waals surface area contributed by atoms with Crippen molar-refractivity contribution in [2.24, 2.45) is 4.40 Å². The van der Waals surface area contributed by atoms with E-state index in [0.29, 0.717) is 5.02 Å². The number of ketones is 1.